The molecule has 3 unspecified atom stereocenters. The Morgan fingerprint density at radius 1 is 1.56 bits per heavy atom. The quantitative estimate of drug-likeness (QED) is 0.404. The lowest BCUT2D eigenvalue weighted by Crippen LogP contribution is -2.37. The predicted octanol–water partition coefficient (Wildman–Crippen LogP) is 0.607. The highest BCUT2D eigenvalue weighted by Gasteiger charge is 2.30. The molecule has 2 saturated heterocycles. The van der Waals surface area contributed by atoms with Crippen molar-refractivity contribution >= 4 is 16.2 Å². The highest BCUT2D eigenvalue weighted by atomic mass is 28.1. The van der Waals surface area contributed by atoms with E-state index in [1.54, 1.807) is 0 Å². The van der Waals surface area contributed by atoms with Gasteiger partial charge in [0.15, 0.2) is 0 Å². The highest BCUT2D eigenvalue weighted by molar-refractivity contribution is 6.14. The third kappa shape index (κ3) is 4.37. The summed E-state index contributed by atoms with van der Waals surface area (Å²) >= 11 is 0. The highest BCUT2D eigenvalue weighted by Crippen LogP contribution is 2.28. The Labute approximate surface area is 112 Å². The standard InChI is InChI=1S/C13H24O4Si/c1-10(12(14)16-9-11-8-15-11)4-6-13(18)5-2-3-7-17-13/h10-11H,2-9H2,1,18H3. The molecule has 0 spiro atoms. The average molecular weight is 272 g/mol. The van der Waals surface area contributed by atoms with Crippen molar-refractivity contribution in [3.63, 3.8) is 0 Å². The maximum Gasteiger partial charge on any atom is 0.308 e. The summed E-state index contributed by atoms with van der Waals surface area (Å²) in [7, 11) is 1.05. The van der Waals surface area contributed by atoms with Crippen LogP contribution in [0.5, 0.6) is 0 Å². The minimum absolute atomic E-state index is 0.0277. The Hall–Kier alpha value is -0.393. The number of ether oxygens (including phenoxy) is 3. The number of carbonyl (C=O) groups excluding carboxylic acids is 1. The van der Waals surface area contributed by atoms with Crippen LogP contribution in [0.15, 0.2) is 0 Å². The van der Waals surface area contributed by atoms with Crippen molar-refractivity contribution in [3.05, 3.63) is 0 Å². The summed E-state index contributed by atoms with van der Waals surface area (Å²) in [5.41, 5.74) is 0. The number of epoxide rings is 1. The molecular formula is C13H24O4Si. The Bertz CT molecular complexity index is 285. The second kappa shape index (κ2) is 6.17. The van der Waals surface area contributed by atoms with Gasteiger partial charge in [-0.05, 0) is 32.1 Å². The zero-order valence-corrected chi connectivity index (χ0v) is 13.4. The molecule has 4 nitrogen and oxygen atoms in total. The van der Waals surface area contributed by atoms with Gasteiger partial charge in [0, 0.05) is 22.1 Å². The van der Waals surface area contributed by atoms with Crippen LogP contribution in [0.3, 0.4) is 0 Å². The van der Waals surface area contributed by atoms with Crippen molar-refractivity contribution in [1.29, 1.82) is 0 Å². The Morgan fingerprint density at radius 3 is 2.94 bits per heavy atom. The van der Waals surface area contributed by atoms with E-state index in [0.29, 0.717) is 6.61 Å². The SMILES string of the molecule is CC(CCC1([SiH3])CCCCO1)C(=O)OCC1CO1. The number of esters is 1. The smallest absolute Gasteiger partial charge is 0.308 e. The minimum atomic E-state index is -0.0911. The molecule has 0 aromatic carbocycles. The van der Waals surface area contributed by atoms with Crippen molar-refractivity contribution in [2.75, 3.05) is 19.8 Å². The van der Waals surface area contributed by atoms with Gasteiger partial charge in [-0.2, -0.15) is 0 Å². The van der Waals surface area contributed by atoms with Gasteiger partial charge in [-0.25, -0.2) is 0 Å². The van der Waals surface area contributed by atoms with E-state index in [9.17, 15) is 4.79 Å². The molecule has 2 fully saturated rings. The second-order valence-electron chi connectivity index (χ2n) is 5.78. The fourth-order valence-corrected chi connectivity index (χ4v) is 3.16. The molecule has 0 saturated carbocycles. The van der Waals surface area contributed by atoms with Gasteiger partial charge in [-0.3, -0.25) is 4.79 Å². The van der Waals surface area contributed by atoms with Gasteiger partial charge in [0.05, 0.1) is 12.5 Å². The first-order chi connectivity index (χ1) is 8.59. The normalized spacial score (nSPS) is 33.1. The Morgan fingerprint density at radius 2 is 2.33 bits per heavy atom. The molecule has 0 N–H and O–H groups in total. The second-order valence-corrected chi connectivity index (χ2v) is 7.60. The van der Waals surface area contributed by atoms with Gasteiger partial charge in [-0.15, -0.1) is 0 Å². The Balaban J connectivity index is 1.65. The largest absolute Gasteiger partial charge is 0.463 e. The lowest BCUT2D eigenvalue weighted by molar-refractivity contribution is -0.149. The maximum absolute atomic E-state index is 11.7. The molecule has 2 heterocycles. The molecule has 0 radical (unpaired) electrons. The molecule has 18 heavy (non-hydrogen) atoms. The molecule has 104 valence electrons. The zero-order chi connectivity index (χ0) is 13.0. The van der Waals surface area contributed by atoms with Crippen LogP contribution < -0.4 is 0 Å². The lowest BCUT2D eigenvalue weighted by atomic mass is 9.98. The van der Waals surface area contributed by atoms with Gasteiger partial charge in [0.25, 0.3) is 0 Å². The van der Waals surface area contributed by atoms with Gasteiger partial charge < -0.3 is 14.2 Å². The topological polar surface area (TPSA) is 48.1 Å². The van der Waals surface area contributed by atoms with E-state index >= 15 is 0 Å². The van der Waals surface area contributed by atoms with Crippen LogP contribution >= 0.6 is 0 Å². The third-order valence-corrected chi connectivity index (χ3v) is 5.16. The molecule has 0 aliphatic carbocycles. The summed E-state index contributed by atoms with van der Waals surface area (Å²) in [6.45, 7) is 4.00. The average Bonchev–Trinajstić information content (AvgIpc) is 3.18. The summed E-state index contributed by atoms with van der Waals surface area (Å²) in [5, 5.41) is 0.104. The van der Waals surface area contributed by atoms with Gasteiger partial charge in [0.1, 0.15) is 12.7 Å². The van der Waals surface area contributed by atoms with E-state index in [1.807, 2.05) is 6.92 Å². The van der Waals surface area contributed by atoms with Crippen LogP contribution in [0.2, 0.25) is 0 Å². The van der Waals surface area contributed by atoms with E-state index in [-0.39, 0.29) is 23.2 Å². The molecule has 0 aromatic heterocycles. The van der Waals surface area contributed by atoms with E-state index < -0.39 is 0 Å². The van der Waals surface area contributed by atoms with E-state index in [1.165, 1.54) is 12.8 Å². The number of hydrogen-bond donors (Lipinski definition) is 0. The molecule has 5 heteroatoms. The monoisotopic (exact) mass is 272 g/mol. The summed E-state index contributed by atoms with van der Waals surface area (Å²) < 4.78 is 16.1. The number of rotatable bonds is 6. The van der Waals surface area contributed by atoms with Crippen LogP contribution in [0.4, 0.5) is 0 Å². The first kappa shape index (κ1) is 14.0. The molecule has 0 bridgehead atoms. The van der Waals surface area contributed by atoms with E-state index in [2.05, 4.69) is 0 Å². The molecule has 2 rings (SSSR count). The van der Waals surface area contributed by atoms with Crippen molar-refractivity contribution in [2.45, 2.75) is 50.4 Å². The van der Waals surface area contributed by atoms with Crippen molar-refractivity contribution in [3.8, 4) is 0 Å². The molecule has 2 aliphatic heterocycles. The van der Waals surface area contributed by atoms with Crippen molar-refractivity contribution in [2.24, 2.45) is 5.92 Å². The van der Waals surface area contributed by atoms with Crippen LogP contribution in [-0.2, 0) is 19.0 Å². The molecule has 0 aromatic rings. The van der Waals surface area contributed by atoms with Crippen LogP contribution in [0.1, 0.15) is 39.0 Å². The van der Waals surface area contributed by atoms with Crippen molar-refractivity contribution < 1.29 is 19.0 Å². The predicted molar refractivity (Wildman–Crippen MR) is 71.6 cm³/mol. The Kier molecular flexibility index (Phi) is 4.81. The number of hydrogen-bond acceptors (Lipinski definition) is 4. The van der Waals surface area contributed by atoms with Gasteiger partial charge >= 0.3 is 5.97 Å². The summed E-state index contributed by atoms with van der Waals surface area (Å²) in [6, 6.07) is 0. The molecular weight excluding hydrogens is 248 g/mol. The van der Waals surface area contributed by atoms with E-state index in [0.717, 1.165) is 42.7 Å². The third-order valence-electron chi connectivity index (χ3n) is 3.87. The summed E-state index contributed by atoms with van der Waals surface area (Å²) in [4.78, 5) is 11.7. The van der Waals surface area contributed by atoms with Crippen LogP contribution in [-0.4, -0.2) is 47.4 Å². The molecule has 3 atom stereocenters. The first-order valence-corrected chi connectivity index (χ1v) is 8.01. The first-order valence-electron chi connectivity index (χ1n) is 7.01. The van der Waals surface area contributed by atoms with E-state index in [4.69, 9.17) is 14.2 Å². The van der Waals surface area contributed by atoms with Crippen LogP contribution in [0.25, 0.3) is 0 Å². The zero-order valence-electron chi connectivity index (χ0n) is 11.4. The molecule has 0 amide bonds. The number of carbonyl (C=O) groups is 1. The maximum atomic E-state index is 11.7. The minimum Gasteiger partial charge on any atom is -0.463 e. The summed E-state index contributed by atoms with van der Waals surface area (Å²) in [5.74, 6) is -0.119. The fraction of sp³-hybridized carbons (Fsp3) is 0.923. The van der Waals surface area contributed by atoms with Gasteiger partial charge in [-0.1, -0.05) is 6.92 Å². The fourth-order valence-electron chi connectivity index (χ4n) is 2.31. The van der Waals surface area contributed by atoms with Gasteiger partial charge in [0.2, 0.25) is 0 Å². The van der Waals surface area contributed by atoms with Crippen LogP contribution in [0, 0.1) is 5.92 Å². The lowest BCUT2D eigenvalue weighted by Gasteiger charge is -2.34. The summed E-state index contributed by atoms with van der Waals surface area (Å²) in [6.07, 6.45) is 5.64. The van der Waals surface area contributed by atoms with Crippen molar-refractivity contribution in [1.82, 2.24) is 0 Å². The molecule has 2 aliphatic rings.